The Labute approximate surface area is 92.4 Å². The van der Waals surface area contributed by atoms with Crippen LogP contribution in [-0.2, 0) is 6.42 Å². The van der Waals surface area contributed by atoms with E-state index in [0.717, 1.165) is 18.9 Å². The maximum Gasteiger partial charge on any atom is 0.252 e. The summed E-state index contributed by atoms with van der Waals surface area (Å²) < 4.78 is 26.4. The van der Waals surface area contributed by atoms with Gasteiger partial charge in [0.15, 0.2) is 11.6 Å². The number of carbonyl (C=O) groups excluding carboxylic acids is 1. The largest absolute Gasteiger partial charge is 0.365 e. The topological polar surface area (TPSA) is 43.1 Å². The van der Waals surface area contributed by atoms with Crippen LogP contribution >= 0.6 is 0 Å². The first-order valence-electron chi connectivity index (χ1n) is 5.36. The Kier molecular flexibility index (Phi) is 2.90. The lowest BCUT2D eigenvalue weighted by atomic mass is 9.80. The van der Waals surface area contributed by atoms with Gasteiger partial charge in [-0.3, -0.25) is 4.79 Å². The van der Waals surface area contributed by atoms with Crippen LogP contribution in [0, 0.1) is 17.6 Å². The highest BCUT2D eigenvalue weighted by Crippen LogP contribution is 2.31. The van der Waals surface area contributed by atoms with Crippen LogP contribution in [-0.4, -0.2) is 5.91 Å². The molecule has 0 heterocycles. The molecule has 0 saturated heterocycles. The highest BCUT2D eigenvalue weighted by molar-refractivity contribution is 5.94. The van der Waals surface area contributed by atoms with Gasteiger partial charge in [-0.25, -0.2) is 8.78 Å². The predicted octanol–water partition coefficient (Wildman–Crippen LogP) is 2.41. The highest BCUT2D eigenvalue weighted by Gasteiger charge is 2.23. The smallest absolute Gasteiger partial charge is 0.252 e. The monoisotopic (exact) mass is 225 g/mol. The second-order valence-electron chi connectivity index (χ2n) is 4.26. The van der Waals surface area contributed by atoms with Gasteiger partial charge in [-0.2, -0.15) is 0 Å². The average Bonchev–Trinajstić information content (AvgIpc) is 2.16. The SMILES string of the molecule is NC(=O)c1c(CC2CCC2)ccc(F)c1F. The Hall–Kier alpha value is -1.45. The normalized spacial score (nSPS) is 15.9. The zero-order chi connectivity index (χ0) is 11.7. The summed E-state index contributed by atoms with van der Waals surface area (Å²) >= 11 is 0. The van der Waals surface area contributed by atoms with E-state index in [-0.39, 0.29) is 5.56 Å². The Balaban J connectivity index is 2.35. The van der Waals surface area contributed by atoms with E-state index in [4.69, 9.17) is 5.73 Å². The fraction of sp³-hybridized carbons (Fsp3) is 0.417. The third-order valence-corrected chi connectivity index (χ3v) is 3.16. The van der Waals surface area contributed by atoms with Crippen molar-refractivity contribution in [1.29, 1.82) is 0 Å². The van der Waals surface area contributed by atoms with Crippen molar-refractivity contribution in [3.05, 3.63) is 34.9 Å². The third-order valence-electron chi connectivity index (χ3n) is 3.16. The second kappa shape index (κ2) is 4.20. The molecule has 0 aliphatic heterocycles. The highest BCUT2D eigenvalue weighted by atomic mass is 19.2. The average molecular weight is 225 g/mol. The van der Waals surface area contributed by atoms with Gasteiger partial charge in [-0.05, 0) is 24.0 Å². The number of hydrogen-bond acceptors (Lipinski definition) is 1. The molecule has 1 aromatic carbocycles. The molecule has 0 atom stereocenters. The Morgan fingerprint density at radius 2 is 2.06 bits per heavy atom. The number of rotatable bonds is 3. The molecule has 16 heavy (non-hydrogen) atoms. The van der Waals surface area contributed by atoms with E-state index >= 15 is 0 Å². The van der Waals surface area contributed by atoms with Gasteiger partial charge in [0.05, 0.1) is 5.56 Å². The first-order valence-corrected chi connectivity index (χ1v) is 5.36. The molecule has 0 unspecified atom stereocenters. The standard InChI is InChI=1S/C12H13F2NO/c13-9-5-4-8(6-7-2-1-3-7)10(11(9)14)12(15)16/h4-5,7H,1-3,6H2,(H2,15,16). The number of primary amides is 1. The van der Waals surface area contributed by atoms with Gasteiger partial charge < -0.3 is 5.73 Å². The van der Waals surface area contributed by atoms with Gasteiger partial charge in [-0.15, -0.1) is 0 Å². The van der Waals surface area contributed by atoms with E-state index < -0.39 is 17.5 Å². The summed E-state index contributed by atoms with van der Waals surface area (Å²) in [6.07, 6.45) is 3.93. The Bertz CT molecular complexity index is 427. The zero-order valence-electron chi connectivity index (χ0n) is 8.80. The maximum absolute atomic E-state index is 13.4. The summed E-state index contributed by atoms with van der Waals surface area (Å²) in [6.45, 7) is 0. The third kappa shape index (κ3) is 1.92. The van der Waals surface area contributed by atoms with Crippen LogP contribution < -0.4 is 5.73 Å². The van der Waals surface area contributed by atoms with E-state index in [1.54, 1.807) is 0 Å². The van der Waals surface area contributed by atoms with Crippen LogP contribution in [0.25, 0.3) is 0 Å². The van der Waals surface area contributed by atoms with Crippen molar-refractivity contribution in [1.82, 2.24) is 0 Å². The lowest BCUT2D eigenvalue weighted by Crippen LogP contribution is -2.21. The lowest BCUT2D eigenvalue weighted by Gasteiger charge is -2.26. The molecule has 86 valence electrons. The number of nitrogens with two attached hydrogens (primary N) is 1. The lowest BCUT2D eigenvalue weighted by molar-refractivity contribution is 0.0994. The molecule has 0 aromatic heterocycles. The van der Waals surface area contributed by atoms with Crippen molar-refractivity contribution >= 4 is 5.91 Å². The van der Waals surface area contributed by atoms with Gasteiger partial charge in [0.2, 0.25) is 0 Å². The fourth-order valence-corrected chi connectivity index (χ4v) is 2.04. The number of carbonyl (C=O) groups is 1. The molecule has 0 bridgehead atoms. The van der Waals surface area contributed by atoms with Crippen molar-refractivity contribution < 1.29 is 13.6 Å². The van der Waals surface area contributed by atoms with Crippen molar-refractivity contribution in [3.63, 3.8) is 0 Å². The Morgan fingerprint density at radius 1 is 1.38 bits per heavy atom. The van der Waals surface area contributed by atoms with Gasteiger partial charge in [0, 0.05) is 0 Å². The summed E-state index contributed by atoms with van der Waals surface area (Å²) in [4.78, 5) is 11.1. The van der Waals surface area contributed by atoms with E-state index in [1.165, 1.54) is 12.5 Å². The second-order valence-corrected chi connectivity index (χ2v) is 4.26. The molecule has 1 aliphatic carbocycles. The molecular formula is C12H13F2NO. The summed E-state index contributed by atoms with van der Waals surface area (Å²) in [5, 5.41) is 0. The van der Waals surface area contributed by atoms with Crippen LogP contribution in [0.2, 0.25) is 0 Å². The summed E-state index contributed by atoms with van der Waals surface area (Å²) in [7, 11) is 0. The minimum Gasteiger partial charge on any atom is -0.365 e. The predicted molar refractivity (Wildman–Crippen MR) is 55.9 cm³/mol. The fourth-order valence-electron chi connectivity index (χ4n) is 2.04. The van der Waals surface area contributed by atoms with Gasteiger partial charge in [-0.1, -0.05) is 25.3 Å². The van der Waals surface area contributed by atoms with Crippen molar-refractivity contribution in [2.45, 2.75) is 25.7 Å². The molecular weight excluding hydrogens is 212 g/mol. The van der Waals surface area contributed by atoms with Crippen molar-refractivity contribution in [2.75, 3.05) is 0 Å². The van der Waals surface area contributed by atoms with Crippen molar-refractivity contribution in [2.24, 2.45) is 11.7 Å². The van der Waals surface area contributed by atoms with Crippen LogP contribution in [0.4, 0.5) is 8.78 Å². The molecule has 1 aromatic rings. The number of benzene rings is 1. The molecule has 0 radical (unpaired) electrons. The minimum absolute atomic E-state index is 0.285. The van der Waals surface area contributed by atoms with Crippen LogP contribution in [0.5, 0.6) is 0 Å². The van der Waals surface area contributed by atoms with Crippen LogP contribution in [0.15, 0.2) is 12.1 Å². The number of halogens is 2. The molecule has 4 heteroatoms. The number of hydrogen-bond donors (Lipinski definition) is 1. The molecule has 1 fully saturated rings. The minimum atomic E-state index is -1.12. The quantitative estimate of drug-likeness (QED) is 0.843. The van der Waals surface area contributed by atoms with Crippen molar-refractivity contribution in [3.8, 4) is 0 Å². The summed E-state index contributed by atoms with van der Waals surface area (Å²) in [5.74, 6) is -2.57. The molecule has 2 N–H and O–H groups in total. The molecule has 0 spiro atoms. The summed E-state index contributed by atoms with van der Waals surface area (Å²) in [6, 6.07) is 2.51. The molecule has 2 nitrogen and oxygen atoms in total. The Morgan fingerprint density at radius 3 is 2.56 bits per heavy atom. The molecule has 1 saturated carbocycles. The van der Waals surface area contributed by atoms with Crippen LogP contribution in [0.1, 0.15) is 35.2 Å². The van der Waals surface area contributed by atoms with E-state index in [1.807, 2.05) is 0 Å². The first kappa shape index (κ1) is 11.0. The molecule has 2 rings (SSSR count). The number of amides is 1. The molecule has 1 aliphatic rings. The summed E-state index contributed by atoms with van der Waals surface area (Å²) in [5.41, 5.74) is 5.31. The molecule has 1 amide bonds. The van der Waals surface area contributed by atoms with Gasteiger partial charge in [0.25, 0.3) is 5.91 Å². The maximum atomic E-state index is 13.4. The van der Waals surface area contributed by atoms with Crippen LogP contribution in [0.3, 0.4) is 0 Å². The van der Waals surface area contributed by atoms with E-state index in [9.17, 15) is 13.6 Å². The van der Waals surface area contributed by atoms with E-state index in [0.29, 0.717) is 17.9 Å². The first-order chi connectivity index (χ1) is 7.59. The zero-order valence-corrected chi connectivity index (χ0v) is 8.80. The van der Waals surface area contributed by atoms with Gasteiger partial charge in [0.1, 0.15) is 0 Å². The van der Waals surface area contributed by atoms with Gasteiger partial charge >= 0.3 is 0 Å². The van der Waals surface area contributed by atoms with E-state index in [2.05, 4.69) is 0 Å².